The van der Waals surface area contributed by atoms with Crippen molar-refractivity contribution >= 4 is 28.9 Å². The lowest BCUT2D eigenvalue weighted by molar-refractivity contribution is -0.136. The van der Waals surface area contributed by atoms with Crippen LogP contribution in [-0.2, 0) is 4.79 Å². The monoisotopic (exact) mass is 477 g/mol. The number of rotatable bonds is 9. The number of carbonyl (C=O) groups excluding carboxylic acids is 1. The van der Waals surface area contributed by atoms with Crippen LogP contribution in [0.4, 0.5) is 5.69 Å². The van der Waals surface area contributed by atoms with E-state index in [2.05, 4.69) is 52.9 Å². The molecule has 1 aliphatic rings. The second-order valence-corrected chi connectivity index (χ2v) is 10.1. The van der Waals surface area contributed by atoms with Gasteiger partial charge in [0.25, 0.3) is 5.91 Å². The summed E-state index contributed by atoms with van der Waals surface area (Å²) in [6, 6.07) is 16.6. The molecule has 7 heteroatoms. The molecule has 6 nitrogen and oxygen atoms in total. The van der Waals surface area contributed by atoms with Gasteiger partial charge in [-0.3, -0.25) is 9.59 Å². The zero-order chi connectivity index (χ0) is 23.9. The zero-order valence-electron chi connectivity index (χ0n) is 19.4. The predicted molar refractivity (Wildman–Crippen MR) is 136 cm³/mol. The van der Waals surface area contributed by atoms with Crippen LogP contribution in [0.25, 0.3) is 10.4 Å². The molecule has 1 amide bonds. The lowest BCUT2D eigenvalue weighted by Gasteiger charge is -2.32. The number of anilines is 1. The molecule has 3 N–H and O–H groups in total. The van der Waals surface area contributed by atoms with E-state index in [9.17, 15) is 9.59 Å². The van der Waals surface area contributed by atoms with Gasteiger partial charge in [-0.1, -0.05) is 49.6 Å². The number of carboxylic acid groups (broad SMARTS) is 1. The molecule has 1 atom stereocenters. The van der Waals surface area contributed by atoms with Crippen molar-refractivity contribution in [1.82, 2.24) is 10.3 Å². The van der Waals surface area contributed by atoms with Crippen molar-refractivity contribution in [2.75, 3.05) is 11.9 Å². The summed E-state index contributed by atoms with van der Waals surface area (Å²) in [6.45, 7) is 2.29. The van der Waals surface area contributed by atoms with E-state index in [1.807, 2.05) is 23.5 Å². The fourth-order valence-corrected chi connectivity index (χ4v) is 5.71. The van der Waals surface area contributed by atoms with Crippen LogP contribution in [0.15, 0.2) is 54.7 Å². The third kappa shape index (κ3) is 6.03. The van der Waals surface area contributed by atoms with E-state index < -0.39 is 5.97 Å². The Morgan fingerprint density at radius 2 is 1.88 bits per heavy atom. The topological polar surface area (TPSA) is 91.3 Å². The Morgan fingerprint density at radius 1 is 1.12 bits per heavy atom. The standard InChI is InChI=1S/C27H31N3O3S/c1-18-22(16-24(34-18)19-8-4-2-5-9-19)26(20-10-6-3-7-11-20)30-21-12-13-23(29-17-21)27(33)28-15-14-25(31)32/h2,4-5,8-9,12-13,16-17,20,26,30H,3,6-7,10-11,14-15H2,1H3,(H,28,33)(H,31,32). The van der Waals surface area contributed by atoms with Crippen LogP contribution in [0.3, 0.4) is 0 Å². The highest BCUT2D eigenvalue weighted by atomic mass is 32.1. The van der Waals surface area contributed by atoms with Crippen LogP contribution in [0.5, 0.6) is 0 Å². The fourth-order valence-electron chi connectivity index (χ4n) is 4.63. The Labute approximate surface area is 204 Å². The van der Waals surface area contributed by atoms with Gasteiger partial charge in [0, 0.05) is 16.3 Å². The van der Waals surface area contributed by atoms with Crippen LogP contribution in [-0.4, -0.2) is 28.5 Å². The van der Waals surface area contributed by atoms with Crippen LogP contribution in [0.1, 0.15) is 65.5 Å². The van der Waals surface area contributed by atoms with Gasteiger partial charge in [0.2, 0.25) is 0 Å². The highest BCUT2D eigenvalue weighted by molar-refractivity contribution is 7.15. The Morgan fingerprint density at radius 3 is 2.56 bits per heavy atom. The highest BCUT2D eigenvalue weighted by Gasteiger charge is 2.28. The number of amides is 1. The Bertz CT molecular complexity index is 1110. The van der Waals surface area contributed by atoms with Crippen molar-refractivity contribution in [3.05, 3.63) is 70.9 Å². The number of carboxylic acids is 1. The molecular formula is C27H31N3O3S. The first-order chi connectivity index (χ1) is 16.5. The molecule has 4 rings (SSSR count). The average Bonchev–Trinajstić information content (AvgIpc) is 3.25. The minimum absolute atomic E-state index is 0.0841. The average molecular weight is 478 g/mol. The van der Waals surface area contributed by atoms with E-state index >= 15 is 0 Å². The normalized spacial score (nSPS) is 15.0. The Kier molecular flexibility index (Phi) is 7.95. The predicted octanol–water partition coefficient (Wildman–Crippen LogP) is 6.06. The number of thiophene rings is 1. The van der Waals surface area contributed by atoms with E-state index in [1.54, 1.807) is 12.3 Å². The zero-order valence-corrected chi connectivity index (χ0v) is 20.2. The van der Waals surface area contributed by atoms with Gasteiger partial charge >= 0.3 is 5.97 Å². The summed E-state index contributed by atoms with van der Waals surface area (Å²) in [7, 11) is 0. The Balaban J connectivity index is 1.53. The summed E-state index contributed by atoms with van der Waals surface area (Å²) in [5, 5.41) is 15.1. The molecular weight excluding hydrogens is 446 g/mol. The second kappa shape index (κ2) is 11.3. The van der Waals surface area contributed by atoms with Crippen molar-refractivity contribution in [3.63, 3.8) is 0 Å². The van der Waals surface area contributed by atoms with Crippen LogP contribution in [0.2, 0.25) is 0 Å². The number of aromatic nitrogens is 1. The van der Waals surface area contributed by atoms with Crippen molar-refractivity contribution in [3.8, 4) is 10.4 Å². The molecule has 2 aromatic heterocycles. The summed E-state index contributed by atoms with van der Waals surface area (Å²) in [6.07, 6.45) is 7.79. The van der Waals surface area contributed by atoms with Gasteiger partial charge in [-0.05, 0) is 55.0 Å². The van der Waals surface area contributed by atoms with E-state index in [4.69, 9.17) is 5.11 Å². The second-order valence-electron chi connectivity index (χ2n) is 8.84. The number of nitrogens with zero attached hydrogens (tertiary/aromatic N) is 1. The van der Waals surface area contributed by atoms with Gasteiger partial charge in [0.1, 0.15) is 5.69 Å². The molecule has 34 heavy (non-hydrogen) atoms. The fraction of sp³-hybridized carbons (Fsp3) is 0.370. The molecule has 1 saturated carbocycles. The molecule has 1 fully saturated rings. The summed E-state index contributed by atoms with van der Waals surface area (Å²) in [5.74, 6) is -0.761. The van der Waals surface area contributed by atoms with Gasteiger partial charge in [0.15, 0.2) is 0 Å². The minimum Gasteiger partial charge on any atom is -0.481 e. The van der Waals surface area contributed by atoms with Crippen LogP contribution >= 0.6 is 11.3 Å². The quantitative estimate of drug-likeness (QED) is 0.349. The SMILES string of the molecule is Cc1sc(-c2ccccc2)cc1C(Nc1ccc(C(=O)NCCC(=O)O)nc1)C1CCCCC1. The van der Waals surface area contributed by atoms with Gasteiger partial charge in [-0.25, -0.2) is 4.98 Å². The van der Waals surface area contributed by atoms with Gasteiger partial charge in [0.05, 0.1) is 24.3 Å². The largest absolute Gasteiger partial charge is 0.481 e. The first kappa shape index (κ1) is 24.0. The van der Waals surface area contributed by atoms with Crippen LogP contribution in [0, 0.1) is 12.8 Å². The number of nitrogens with one attached hydrogen (secondary N) is 2. The van der Waals surface area contributed by atoms with Crippen molar-refractivity contribution in [2.45, 2.75) is 51.5 Å². The summed E-state index contributed by atoms with van der Waals surface area (Å²) in [4.78, 5) is 29.8. The molecule has 0 bridgehead atoms. The van der Waals surface area contributed by atoms with Crippen molar-refractivity contribution in [1.29, 1.82) is 0 Å². The lowest BCUT2D eigenvalue weighted by Crippen LogP contribution is -2.27. The number of hydrogen-bond donors (Lipinski definition) is 3. The Hall–Kier alpha value is -3.19. The van der Waals surface area contributed by atoms with Gasteiger partial charge < -0.3 is 15.7 Å². The smallest absolute Gasteiger partial charge is 0.305 e. The molecule has 178 valence electrons. The molecule has 0 saturated heterocycles. The number of aryl methyl sites for hydroxylation is 1. The summed E-state index contributed by atoms with van der Waals surface area (Å²) >= 11 is 1.84. The molecule has 0 aliphatic heterocycles. The molecule has 2 heterocycles. The van der Waals surface area contributed by atoms with E-state index in [0.29, 0.717) is 5.92 Å². The molecule has 3 aromatic rings. The van der Waals surface area contributed by atoms with Gasteiger partial charge in [-0.15, -0.1) is 11.3 Å². The minimum atomic E-state index is -0.944. The molecule has 0 spiro atoms. The number of benzene rings is 1. The first-order valence-corrected chi connectivity index (χ1v) is 12.7. The maximum absolute atomic E-state index is 12.2. The number of pyridine rings is 1. The van der Waals surface area contributed by atoms with Crippen LogP contribution < -0.4 is 10.6 Å². The summed E-state index contributed by atoms with van der Waals surface area (Å²) < 4.78 is 0. The number of aliphatic carboxylic acids is 1. The molecule has 1 aromatic carbocycles. The van der Waals surface area contributed by atoms with E-state index in [-0.39, 0.29) is 30.6 Å². The van der Waals surface area contributed by atoms with E-state index in [0.717, 1.165) is 5.69 Å². The number of hydrogen-bond acceptors (Lipinski definition) is 5. The maximum atomic E-state index is 12.2. The third-order valence-corrected chi connectivity index (χ3v) is 7.53. The summed E-state index contributed by atoms with van der Waals surface area (Å²) in [5.41, 5.74) is 3.74. The first-order valence-electron chi connectivity index (χ1n) is 11.9. The third-order valence-electron chi connectivity index (χ3n) is 6.41. The van der Waals surface area contributed by atoms with E-state index in [1.165, 1.54) is 53.0 Å². The van der Waals surface area contributed by atoms with Crippen molar-refractivity contribution < 1.29 is 14.7 Å². The maximum Gasteiger partial charge on any atom is 0.305 e. The lowest BCUT2D eigenvalue weighted by atomic mass is 9.81. The van der Waals surface area contributed by atoms with Gasteiger partial charge in [-0.2, -0.15) is 0 Å². The molecule has 0 radical (unpaired) electrons. The molecule has 1 unspecified atom stereocenters. The molecule has 1 aliphatic carbocycles. The number of carbonyl (C=O) groups is 2. The van der Waals surface area contributed by atoms with Crippen molar-refractivity contribution in [2.24, 2.45) is 5.92 Å². The highest BCUT2D eigenvalue weighted by Crippen LogP contribution is 2.42.